The third-order valence-corrected chi connectivity index (χ3v) is 2.72. The van der Waals surface area contributed by atoms with Crippen molar-refractivity contribution >= 4 is 6.01 Å². The maximum absolute atomic E-state index is 5.42. The van der Waals surface area contributed by atoms with Crippen molar-refractivity contribution in [1.82, 2.24) is 4.98 Å². The van der Waals surface area contributed by atoms with Crippen LogP contribution in [0.15, 0.2) is 28.9 Å². The van der Waals surface area contributed by atoms with Gasteiger partial charge >= 0.3 is 0 Å². The third kappa shape index (κ3) is 2.42. The Hall–Kier alpha value is -1.77. The zero-order valence-corrected chi connectivity index (χ0v) is 9.66. The molecule has 0 unspecified atom stereocenters. The molecule has 0 fully saturated rings. The van der Waals surface area contributed by atoms with Crippen molar-refractivity contribution in [2.75, 3.05) is 5.73 Å². The van der Waals surface area contributed by atoms with Crippen LogP contribution in [0.3, 0.4) is 0 Å². The Morgan fingerprint density at radius 1 is 1.25 bits per heavy atom. The molecule has 1 aromatic heterocycles. The summed E-state index contributed by atoms with van der Waals surface area (Å²) >= 11 is 0. The predicted molar refractivity (Wildman–Crippen MR) is 64.2 cm³/mol. The summed E-state index contributed by atoms with van der Waals surface area (Å²) in [6, 6.07) is 6.76. The summed E-state index contributed by atoms with van der Waals surface area (Å²) in [5.74, 6) is 0. The van der Waals surface area contributed by atoms with Crippen molar-refractivity contribution in [3.8, 4) is 0 Å². The Kier molecular flexibility index (Phi) is 2.95. The summed E-state index contributed by atoms with van der Waals surface area (Å²) in [6.45, 7) is 4.24. The number of nitrogens with two attached hydrogens (primary N) is 1. The standard InChI is InChI=1S/C13H16N2O/c1-9-3-4-11(10(2)7-9)5-6-12-8-16-13(14)15-12/h3-4,7-8H,5-6H2,1-2H3,(H2,14,15). The molecule has 1 heterocycles. The maximum Gasteiger partial charge on any atom is 0.292 e. The first kappa shape index (κ1) is 10.7. The van der Waals surface area contributed by atoms with E-state index in [-0.39, 0.29) is 6.01 Å². The lowest BCUT2D eigenvalue weighted by atomic mass is 10.0. The topological polar surface area (TPSA) is 52.0 Å². The largest absolute Gasteiger partial charge is 0.432 e. The minimum absolute atomic E-state index is 0.246. The Morgan fingerprint density at radius 2 is 2.06 bits per heavy atom. The molecule has 1 aromatic carbocycles. The number of hydrogen-bond donors (Lipinski definition) is 1. The van der Waals surface area contributed by atoms with E-state index >= 15 is 0 Å². The molecular formula is C13H16N2O. The number of oxazole rings is 1. The Bertz CT molecular complexity index is 488. The van der Waals surface area contributed by atoms with E-state index < -0.39 is 0 Å². The molecule has 0 saturated heterocycles. The van der Waals surface area contributed by atoms with E-state index in [0.717, 1.165) is 18.5 Å². The van der Waals surface area contributed by atoms with Crippen LogP contribution in [0, 0.1) is 13.8 Å². The molecule has 0 spiro atoms. The molecule has 0 aliphatic rings. The molecule has 0 bridgehead atoms. The molecule has 3 nitrogen and oxygen atoms in total. The summed E-state index contributed by atoms with van der Waals surface area (Å²) in [4.78, 5) is 4.08. The lowest BCUT2D eigenvalue weighted by Gasteiger charge is -2.05. The molecular weight excluding hydrogens is 200 g/mol. The first-order valence-corrected chi connectivity index (χ1v) is 5.41. The van der Waals surface area contributed by atoms with Gasteiger partial charge in [-0.25, -0.2) is 0 Å². The molecule has 0 atom stereocenters. The summed E-state index contributed by atoms with van der Waals surface area (Å²) < 4.78 is 4.97. The first-order chi connectivity index (χ1) is 7.65. The van der Waals surface area contributed by atoms with Crippen LogP contribution in [0.1, 0.15) is 22.4 Å². The zero-order valence-electron chi connectivity index (χ0n) is 9.66. The second-order valence-electron chi connectivity index (χ2n) is 4.11. The minimum Gasteiger partial charge on any atom is -0.432 e. The molecule has 84 valence electrons. The lowest BCUT2D eigenvalue weighted by Crippen LogP contribution is -1.95. The predicted octanol–water partition coefficient (Wildman–Crippen LogP) is 2.66. The summed E-state index contributed by atoms with van der Waals surface area (Å²) in [5, 5.41) is 0. The number of nitrogens with zero attached hydrogens (tertiary/aromatic N) is 1. The molecule has 2 N–H and O–H groups in total. The second-order valence-corrected chi connectivity index (χ2v) is 4.11. The average molecular weight is 216 g/mol. The molecule has 0 amide bonds. The molecule has 2 aromatic rings. The van der Waals surface area contributed by atoms with Crippen LogP contribution in [0.25, 0.3) is 0 Å². The van der Waals surface area contributed by atoms with E-state index in [9.17, 15) is 0 Å². The van der Waals surface area contributed by atoms with Crippen LogP contribution in [0.5, 0.6) is 0 Å². The van der Waals surface area contributed by atoms with Gasteiger partial charge in [0.15, 0.2) is 0 Å². The van der Waals surface area contributed by atoms with Gasteiger partial charge in [-0.3, -0.25) is 0 Å². The maximum atomic E-state index is 5.42. The average Bonchev–Trinajstić information content (AvgIpc) is 2.63. The third-order valence-electron chi connectivity index (χ3n) is 2.72. The molecule has 0 aliphatic carbocycles. The van der Waals surface area contributed by atoms with Crippen molar-refractivity contribution in [2.45, 2.75) is 26.7 Å². The van der Waals surface area contributed by atoms with Crippen LogP contribution in [0.4, 0.5) is 6.01 Å². The van der Waals surface area contributed by atoms with E-state index in [4.69, 9.17) is 10.2 Å². The van der Waals surface area contributed by atoms with E-state index in [1.54, 1.807) is 6.26 Å². The number of rotatable bonds is 3. The van der Waals surface area contributed by atoms with Gasteiger partial charge in [0, 0.05) is 0 Å². The Balaban J connectivity index is 2.04. The summed E-state index contributed by atoms with van der Waals surface area (Å²) in [6.07, 6.45) is 3.46. The van der Waals surface area contributed by atoms with E-state index in [1.165, 1.54) is 16.7 Å². The fourth-order valence-electron chi connectivity index (χ4n) is 1.83. The van der Waals surface area contributed by atoms with Crippen molar-refractivity contribution in [3.05, 3.63) is 46.8 Å². The number of nitrogen functional groups attached to an aromatic ring is 1. The number of aryl methyl sites for hydroxylation is 4. The fourth-order valence-corrected chi connectivity index (χ4v) is 1.83. The minimum atomic E-state index is 0.246. The normalized spacial score (nSPS) is 10.6. The summed E-state index contributed by atoms with van der Waals surface area (Å²) in [7, 11) is 0. The van der Waals surface area contributed by atoms with Crippen molar-refractivity contribution in [2.24, 2.45) is 0 Å². The highest BCUT2D eigenvalue weighted by atomic mass is 16.4. The van der Waals surface area contributed by atoms with Gasteiger partial charge in [0.2, 0.25) is 0 Å². The SMILES string of the molecule is Cc1ccc(CCc2coc(N)n2)c(C)c1. The molecule has 0 aliphatic heterocycles. The highest BCUT2D eigenvalue weighted by Gasteiger charge is 2.03. The van der Waals surface area contributed by atoms with Crippen molar-refractivity contribution < 1.29 is 4.42 Å². The van der Waals surface area contributed by atoms with Gasteiger partial charge in [-0.15, -0.1) is 0 Å². The summed E-state index contributed by atoms with van der Waals surface area (Å²) in [5.41, 5.74) is 10.3. The van der Waals surface area contributed by atoms with Crippen LogP contribution in [0.2, 0.25) is 0 Å². The van der Waals surface area contributed by atoms with Gasteiger partial charge in [0.25, 0.3) is 6.01 Å². The van der Waals surface area contributed by atoms with Crippen LogP contribution < -0.4 is 5.73 Å². The smallest absolute Gasteiger partial charge is 0.292 e. The first-order valence-electron chi connectivity index (χ1n) is 5.41. The second kappa shape index (κ2) is 4.39. The van der Waals surface area contributed by atoms with Gasteiger partial charge in [-0.1, -0.05) is 23.8 Å². The molecule has 2 rings (SSSR count). The van der Waals surface area contributed by atoms with Gasteiger partial charge in [0.05, 0.1) is 5.69 Å². The molecule has 16 heavy (non-hydrogen) atoms. The number of anilines is 1. The fraction of sp³-hybridized carbons (Fsp3) is 0.308. The highest BCUT2D eigenvalue weighted by molar-refractivity contribution is 5.31. The van der Waals surface area contributed by atoms with Crippen molar-refractivity contribution in [1.29, 1.82) is 0 Å². The van der Waals surface area contributed by atoms with Crippen molar-refractivity contribution in [3.63, 3.8) is 0 Å². The molecule has 3 heteroatoms. The van der Waals surface area contributed by atoms with Gasteiger partial charge in [0.1, 0.15) is 6.26 Å². The number of aromatic nitrogens is 1. The number of benzene rings is 1. The number of hydrogen-bond acceptors (Lipinski definition) is 3. The van der Waals surface area contributed by atoms with E-state index in [2.05, 4.69) is 37.0 Å². The molecule has 0 saturated carbocycles. The zero-order chi connectivity index (χ0) is 11.5. The van der Waals surface area contributed by atoms with Crippen LogP contribution in [-0.2, 0) is 12.8 Å². The Labute approximate surface area is 95.3 Å². The highest BCUT2D eigenvalue weighted by Crippen LogP contribution is 2.14. The van der Waals surface area contributed by atoms with E-state index in [0.29, 0.717) is 0 Å². The Morgan fingerprint density at radius 3 is 2.69 bits per heavy atom. The van der Waals surface area contributed by atoms with Gasteiger partial charge in [-0.05, 0) is 37.8 Å². The van der Waals surface area contributed by atoms with E-state index in [1.807, 2.05) is 0 Å². The molecule has 0 radical (unpaired) electrons. The van der Waals surface area contributed by atoms with Gasteiger partial charge in [-0.2, -0.15) is 4.98 Å². The monoisotopic (exact) mass is 216 g/mol. The van der Waals surface area contributed by atoms with Crippen LogP contribution >= 0.6 is 0 Å². The lowest BCUT2D eigenvalue weighted by molar-refractivity contribution is 0.578. The quantitative estimate of drug-likeness (QED) is 0.858. The van der Waals surface area contributed by atoms with Gasteiger partial charge < -0.3 is 10.2 Å². The van der Waals surface area contributed by atoms with Crippen LogP contribution in [-0.4, -0.2) is 4.98 Å².